The molecule has 4 aromatic rings. The SMILES string of the molecule is CC(C)(C)[Si](OCCCS(=O)(=O)c1nc2ccccc2s1)(c1ccccc1)c1ccccc1. The van der Waals surface area contributed by atoms with E-state index < -0.39 is 18.2 Å². The molecule has 172 valence electrons. The van der Waals surface area contributed by atoms with Crippen LogP contribution in [0.2, 0.25) is 5.04 Å². The van der Waals surface area contributed by atoms with Crippen molar-refractivity contribution in [1.29, 1.82) is 0 Å². The van der Waals surface area contributed by atoms with Gasteiger partial charge in [0.1, 0.15) is 0 Å². The summed E-state index contributed by atoms with van der Waals surface area (Å²) in [6.45, 7) is 7.03. The van der Waals surface area contributed by atoms with Crippen LogP contribution in [-0.2, 0) is 14.3 Å². The zero-order chi connectivity index (χ0) is 23.5. The summed E-state index contributed by atoms with van der Waals surface area (Å²) < 4.78 is 33.8. The van der Waals surface area contributed by atoms with Crippen molar-refractivity contribution in [2.24, 2.45) is 0 Å². The number of fused-ring (bicyclic) bond motifs is 1. The quantitative estimate of drug-likeness (QED) is 0.254. The second-order valence-corrected chi connectivity index (χ2v) is 16.8. The topological polar surface area (TPSA) is 56.3 Å². The molecule has 0 N–H and O–H groups in total. The van der Waals surface area contributed by atoms with Crippen LogP contribution in [0.4, 0.5) is 0 Å². The van der Waals surface area contributed by atoms with Crippen LogP contribution in [0.1, 0.15) is 27.2 Å². The van der Waals surface area contributed by atoms with Crippen molar-refractivity contribution in [3.63, 3.8) is 0 Å². The molecule has 0 atom stereocenters. The number of aromatic nitrogens is 1. The van der Waals surface area contributed by atoms with Gasteiger partial charge in [-0.25, -0.2) is 13.4 Å². The first kappa shape index (κ1) is 23.8. The molecule has 1 heterocycles. The average molecular weight is 496 g/mol. The number of benzene rings is 3. The number of para-hydroxylation sites is 1. The number of hydrogen-bond donors (Lipinski definition) is 0. The minimum absolute atomic E-state index is 0.0189. The van der Waals surface area contributed by atoms with Gasteiger partial charge in [-0.3, -0.25) is 0 Å². The van der Waals surface area contributed by atoms with Gasteiger partial charge in [-0.2, -0.15) is 0 Å². The third kappa shape index (κ3) is 4.82. The molecule has 1 aromatic heterocycles. The number of thiazole rings is 1. The van der Waals surface area contributed by atoms with Gasteiger partial charge in [-0.15, -0.1) is 11.3 Å². The molecule has 0 radical (unpaired) electrons. The Kier molecular flexibility index (Phi) is 6.86. The largest absolute Gasteiger partial charge is 0.407 e. The molecule has 0 saturated heterocycles. The number of nitrogens with zero attached hydrogens (tertiary/aromatic N) is 1. The molecular weight excluding hydrogens is 467 g/mol. The van der Waals surface area contributed by atoms with Crippen LogP contribution in [-0.4, -0.2) is 34.1 Å². The second kappa shape index (κ2) is 9.50. The lowest BCUT2D eigenvalue weighted by Crippen LogP contribution is -2.66. The van der Waals surface area contributed by atoms with E-state index in [9.17, 15) is 8.42 Å². The lowest BCUT2D eigenvalue weighted by Gasteiger charge is -2.43. The monoisotopic (exact) mass is 495 g/mol. The van der Waals surface area contributed by atoms with E-state index in [0.29, 0.717) is 13.0 Å². The zero-order valence-electron chi connectivity index (χ0n) is 19.2. The van der Waals surface area contributed by atoms with Crippen molar-refractivity contribution in [1.82, 2.24) is 4.98 Å². The summed E-state index contributed by atoms with van der Waals surface area (Å²) in [5, 5.41) is 2.25. The van der Waals surface area contributed by atoms with Gasteiger partial charge in [-0.1, -0.05) is 93.6 Å². The number of rotatable bonds is 8. The van der Waals surface area contributed by atoms with Crippen molar-refractivity contribution >= 4 is 50.1 Å². The Balaban J connectivity index is 1.57. The first-order valence-corrected chi connectivity index (χ1v) is 15.5. The Bertz CT molecular complexity index is 1240. The normalized spacial score (nSPS) is 12.8. The molecule has 33 heavy (non-hydrogen) atoms. The van der Waals surface area contributed by atoms with E-state index in [-0.39, 0.29) is 15.1 Å². The molecule has 4 rings (SSSR count). The summed E-state index contributed by atoms with van der Waals surface area (Å²) in [6.07, 6.45) is 0.419. The van der Waals surface area contributed by atoms with Gasteiger partial charge in [0.25, 0.3) is 8.32 Å². The fraction of sp³-hybridized carbons (Fsp3) is 0.269. The van der Waals surface area contributed by atoms with Gasteiger partial charge in [0.05, 0.1) is 16.0 Å². The minimum Gasteiger partial charge on any atom is -0.407 e. The molecule has 0 aliphatic rings. The van der Waals surface area contributed by atoms with Crippen molar-refractivity contribution < 1.29 is 12.8 Å². The maximum Gasteiger partial charge on any atom is 0.261 e. The van der Waals surface area contributed by atoms with Crippen molar-refractivity contribution in [3.05, 3.63) is 84.9 Å². The van der Waals surface area contributed by atoms with Crippen molar-refractivity contribution in [2.45, 2.75) is 36.6 Å². The molecule has 7 heteroatoms. The zero-order valence-corrected chi connectivity index (χ0v) is 21.8. The van der Waals surface area contributed by atoms with Gasteiger partial charge in [0, 0.05) is 6.61 Å². The summed E-state index contributed by atoms with van der Waals surface area (Å²) >= 11 is 1.23. The maximum atomic E-state index is 13.0. The molecule has 4 nitrogen and oxygen atoms in total. The first-order chi connectivity index (χ1) is 15.7. The summed E-state index contributed by atoms with van der Waals surface area (Å²) in [5.41, 5.74) is 0.727. The predicted molar refractivity (Wildman–Crippen MR) is 140 cm³/mol. The minimum atomic E-state index is -3.46. The molecule has 0 fully saturated rings. The summed E-state index contributed by atoms with van der Waals surface area (Å²) in [4.78, 5) is 4.34. The average Bonchev–Trinajstić information content (AvgIpc) is 3.25. The van der Waals surface area contributed by atoms with Gasteiger partial charge in [0.2, 0.25) is 14.2 Å². The Morgan fingerprint density at radius 3 is 1.94 bits per heavy atom. The Morgan fingerprint density at radius 1 is 0.848 bits per heavy atom. The third-order valence-electron chi connectivity index (χ3n) is 5.83. The highest BCUT2D eigenvalue weighted by Gasteiger charge is 2.50. The summed E-state index contributed by atoms with van der Waals surface area (Å²) in [5.74, 6) is 0.0189. The highest BCUT2D eigenvalue weighted by molar-refractivity contribution is 7.93. The summed E-state index contributed by atoms with van der Waals surface area (Å²) in [7, 11) is -6.12. The lowest BCUT2D eigenvalue weighted by atomic mass is 10.2. The standard InChI is InChI=1S/C26H29NO3S2Si/c1-26(2,3)33(21-13-6-4-7-14-21,22-15-8-5-9-16-22)30-19-12-20-32(28,29)25-27-23-17-10-11-18-24(23)31-25/h4-11,13-18H,12,19-20H2,1-3H3. The number of sulfone groups is 1. The van der Waals surface area contributed by atoms with Crippen LogP contribution in [0.3, 0.4) is 0 Å². The third-order valence-corrected chi connectivity index (χ3v) is 14.2. The second-order valence-electron chi connectivity index (χ2n) is 9.13. The molecule has 3 aromatic carbocycles. The van der Waals surface area contributed by atoms with Gasteiger partial charge in [0.15, 0.2) is 0 Å². The van der Waals surface area contributed by atoms with Gasteiger partial charge in [-0.05, 0) is 34.0 Å². The maximum absolute atomic E-state index is 13.0. The molecule has 0 saturated carbocycles. The Hall–Kier alpha value is -2.32. The highest BCUT2D eigenvalue weighted by atomic mass is 32.2. The van der Waals surface area contributed by atoms with Crippen LogP contribution in [0.5, 0.6) is 0 Å². The van der Waals surface area contributed by atoms with E-state index in [1.165, 1.54) is 21.7 Å². The predicted octanol–water partition coefficient (Wildman–Crippen LogP) is 5.04. The molecule has 0 aliphatic carbocycles. The fourth-order valence-corrected chi connectivity index (χ4v) is 11.5. The van der Waals surface area contributed by atoms with E-state index in [4.69, 9.17) is 4.43 Å². The van der Waals surface area contributed by atoms with E-state index >= 15 is 0 Å². The van der Waals surface area contributed by atoms with Crippen LogP contribution in [0.25, 0.3) is 10.2 Å². The lowest BCUT2D eigenvalue weighted by molar-refractivity contribution is 0.298. The van der Waals surface area contributed by atoms with E-state index in [0.717, 1.165) is 10.2 Å². The van der Waals surface area contributed by atoms with Crippen LogP contribution in [0.15, 0.2) is 89.3 Å². The first-order valence-electron chi connectivity index (χ1n) is 11.1. The smallest absolute Gasteiger partial charge is 0.261 e. The van der Waals surface area contributed by atoms with E-state index in [1.807, 2.05) is 60.7 Å². The van der Waals surface area contributed by atoms with Crippen LogP contribution < -0.4 is 10.4 Å². The fourth-order valence-electron chi connectivity index (χ4n) is 4.31. The Labute approximate surface area is 201 Å². The van der Waals surface area contributed by atoms with E-state index in [1.54, 1.807) is 0 Å². The highest BCUT2D eigenvalue weighted by Crippen LogP contribution is 2.37. The number of hydrogen-bond acceptors (Lipinski definition) is 5. The molecule has 0 bridgehead atoms. The van der Waals surface area contributed by atoms with Crippen molar-refractivity contribution in [3.8, 4) is 0 Å². The summed E-state index contributed by atoms with van der Waals surface area (Å²) in [6, 6.07) is 28.3. The van der Waals surface area contributed by atoms with E-state index in [2.05, 4.69) is 50.0 Å². The van der Waals surface area contributed by atoms with Crippen LogP contribution in [0, 0.1) is 0 Å². The van der Waals surface area contributed by atoms with Crippen molar-refractivity contribution in [2.75, 3.05) is 12.4 Å². The molecule has 0 spiro atoms. The van der Waals surface area contributed by atoms with Gasteiger partial charge >= 0.3 is 0 Å². The Morgan fingerprint density at radius 2 is 1.39 bits per heavy atom. The molecule has 0 aliphatic heterocycles. The molecule has 0 amide bonds. The van der Waals surface area contributed by atoms with Crippen LogP contribution >= 0.6 is 11.3 Å². The molecule has 0 unspecified atom stereocenters. The molecular formula is C26H29NO3S2Si. The van der Waals surface area contributed by atoms with Gasteiger partial charge < -0.3 is 4.43 Å².